The van der Waals surface area contributed by atoms with Gasteiger partial charge >= 0.3 is 0 Å². The van der Waals surface area contributed by atoms with E-state index in [2.05, 4.69) is 18.0 Å². The Labute approximate surface area is 208 Å². The average molecular weight is 477 g/mol. The van der Waals surface area contributed by atoms with Crippen molar-refractivity contribution in [2.75, 3.05) is 13.7 Å². The zero-order chi connectivity index (χ0) is 24.2. The largest absolute Gasteiger partial charge is 0.494 e. The summed E-state index contributed by atoms with van der Waals surface area (Å²) >= 11 is 6.04. The highest BCUT2D eigenvalue weighted by Crippen LogP contribution is 2.34. The topological polar surface area (TPSA) is 55.1 Å². The summed E-state index contributed by atoms with van der Waals surface area (Å²) in [5.41, 5.74) is 3.70. The molecule has 4 nitrogen and oxygen atoms in total. The molecule has 3 aromatic rings. The van der Waals surface area contributed by atoms with Gasteiger partial charge in [-0.05, 0) is 54.4 Å². The molecule has 0 bridgehead atoms. The molecule has 0 unspecified atom stereocenters. The number of aromatic nitrogens is 1. The Morgan fingerprint density at radius 1 is 0.853 bits per heavy atom. The Kier molecular flexibility index (Phi) is 10.3. The third kappa shape index (κ3) is 7.23. The standard InChI is InChI=1S/C29H33ClN2O2/c1-3-4-5-6-7-8-9-10-19-34-25-17-13-23(14-18-25)28-20-26(22-11-15-24(30)16-12-22)27(21-31)29(32-28)33-2/h11-18,20H,3-10,19H2,1-2H3. The number of ether oxygens (including phenoxy) is 2. The number of methoxy groups -OCH3 is 1. The molecule has 1 heterocycles. The monoisotopic (exact) mass is 476 g/mol. The molecule has 0 N–H and O–H groups in total. The predicted molar refractivity (Wildman–Crippen MR) is 139 cm³/mol. The van der Waals surface area contributed by atoms with E-state index in [9.17, 15) is 5.26 Å². The van der Waals surface area contributed by atoms with Crippen LogP contribution in [0.25, 0.3) is 22.4 Å². The van der Waals surface area contributed by atoms with E-state index in [4.69, 9.17) is 21.1 Å². The molecule has 0 saturated heterocycles. The number of nitrogens with zero attached hydrogens (tertiary/aromatic N) is 2. The van der Waals surface area contributed by atoms with Crippen molar-refractivity contribution in [1.82, 2.24) is 4.98 Å². The first-order valence-electron chi connectivity index (χ1n) is 12.1. The minimum absolute atomic E-state index is 0.306. The maximum Gasteiger partial charge on any atom is 0.232 e. The van der Waals surface area contributed by atoms with E-state index in [-0.39, 0.29) is 0 Å². The van der Waals surface area contributed by atoms with Crippen LogP contribution in [0.2, 0.25) is 5.02 Å². The quantitative estimate of drug-likeness (QED) is 0.232. The lowest BCUT2D eigenvalue weighted by Gasteiger charge is -2.12. The van der Waals surface area contributed by atoms with Crippen molar-refractivity contribution in [2.24, 2.45) is 0 Å². The molecule has 0 aliphatic heterocycles. The summed E-state index contributed by atoms with van der Waals surface area (Å²) < 4.78 is 11.4. The first kappa shape index (κ1) is 25.6. The molecule has 178 valence electrons. The van der Waals surface area contributed by atoms with E-state index in [0.29, 0.717) is 16.5 Å². The molecule has 0 aliphatic rings. The first-order valence-corrected chi connectivity index (χ1v) is 12.5. The van der Waals surface area contributed by atoms with Crippen molar-refractivity contribution < 1.29 is 9.47 Å². The molecule has 34 heavy (non-hydrogen) atoms. The number of pyridine rings is 1. The second kappa shape index (κ2) is 13.6. The maximum atomic E-state index is 9.72. The van der Waals surface area contributed by atoms with Crippen LogP contribution in [0.1, 0.15) is 63.9 Å². The Morgan fingerprint density at radius 2 is 1.47 bits per heavy atom. The van der Waals surface area contributed by atoms with Crippen molar-refractivity contribution in [3.63, 3.8) is 0 Å². The van der Waals surface area contributed by atoms with Gasteiger partial charge in [0.25, 0.3) is 0 Å². The predicted octanol–water partition coefficient (Wildman–Crippen LogP) is 8.47. The van der Waals surface area contributed by atoms with Crippen molar-refractivity contribution in [3.8, 4) is 40.1 Å². The molecule has 0 saturated carbocycles. The SMILES string of the molecule is CCCCCCCCCCOc1ccc(-c2cc(-c3ccc(Cl)cc3)c(C#N)c(OC)n2)cc1. The summed E-state index contributed by atoms with van der Waals surface area (Å²) in [5, 5.41) is 10.4. The lowest BCUT2D eigenvalue weighted by Crippen LogP contribution is -1.99. The Balaban J connectivity index is 1.64. The lowest BCUT2D eigenvalue weighted by atomic mass is 9.99. The summed E-state index contributed by atoms with van der Waals surface area (Å²) in [7, 11) is 1.53. The smallest absolute Gasteiger partial charge is 0.232 e. The van der Waals surface area contributed by atoms with E-state index in [1.165, 1.54) is 52.1 Å². The van der Waals surface area contributed by atoms with Crippen LogP contribution in [0.4, 0.5) is 0 Å². The highest BCUT2D eigenvalue weighted by atomic mass is 35.5. The number of unbranched alkanes of at least 4 members (excludes halogenated alkanes) is 7. The van der Waals surface area contributed by atoms with E-state index in [0.717, 1.165) is 41.2 Å². The summed E-state index contributed by atoms with van der Waals surface area (Å²) in [6, 6.07) is 19.5. The molecule has 2 aromatic carbocycles. The van der Waals surface area contributed by atoms with Gasteiger partial charge in [-0.25, -0.2) is 4.98 Å². The first-order chi connectivity index (χ1) is 16.7. The molecule has 3 rings (SSSR count). The number of rotatable bonds is 13. The van der Waals surface area contributed by atoms with Gasteiger partial charge in [-0.1, -0.05) is 75.6 Å². The summed E-state index contributed by atoms with van der Waals surface area (Å²) in [6.07, 6.45) is 10.3. The summed E-state index contributed by atoms with van der Waals surface area (Å²) in [6.45, 7) is 2.98. The fraction of sp³-hybridized carbons (Fsp3) is 0.379. The van der Waals surface area contributed by atoms with Crippen molar-refractivity contribution in [2.45, 2.75) is 58.3 Å². The van der Waals surface area contributed by atoms with Crippen LogP contribution >= 0.6 is 11.6 Å². The number of hydrogen-bond acceptors (Lipinski definition) is 4. The Bertz CT molecular complexity index is 1070. The van der Waals surface area contributed by atoms with E-state index in [1.54, 1.807) is 0 Å². The van der Waals surface area contributed by atoms with E-state index in [1.807, 2.05) is 54.6 Å². The second-order valence-corrected chi connectivity index (χ2v) is 8.84. The van der Waals surface area contributed by atoms with Gasteiger partial charge in [-0.15, -0.1) is 0 Å². The second-order valence-electron chi connectivity index (χ2n) is 8.41. The molecule has 1 aromatic heterocycles. The van der Waals surface area contributed by atoms with E-state index < -0.39 is 0 Å². The highest BCUT2D eigenvalue weighted by molar-refractivity contribution is 6.30. The Hall–Kier alpha value is -3.03. The molecule has 0 atom stereocenters. The molecular weight excluding hydrogens is 444 g/mol. The normalized spacial score (nSPS) is 10.6. The third-order valence-corrected chi connectivity index (χ3v) is 6.12. The van der Waals surface area contributed by atoms with Gasteiger partial charge in [-0.3, -0.25) is 0 Å². The minimum Gasteiger partial charge on any atom is -0.494 e. The van der Waals surface area contributed by atoms with Crippen LogP contribution in [-0.2, 0) is 0 Å². The van der Waals surface area contributed by atoms with Crippen molar-refractivity contribution >= 4 is 11.6 Å². The number of nitriles is 1. The van der Waals surface area contributed by atoms with Crippen LogP contribution in [0.15, 0.2) is 54.6 Å². The Morgan fingerprint density at radius 3 is 2.09 bits per heavy atom. The van der Waals surface area contributed by atoms with E-state index >= 15 is 0 Å². The average Bonchev–Trinajstić information content (AvgIpc) is 2.87. The maximum absolute atomic E-state index is 9.72. The van der Waals surface area contributed by atoms with Crippen LogP contribution in [0.3, 0.4) is 0 Å². The van der Waals surface area contributed by atoms with Crippen molar-refractivity contribution in [1.29, 1.82) is 5.26 Å². The molecule has 0 radical (unpaired) electrons. The zero-order valence-corrected chi connectivity index (χ0v) is 20.9. The minimum atomic E-state index is 0.306. The van der Waals surface area contributed by atoms with Crippen LogP contribution in [-0.4, -0.2) is 18.7 Å². The van der Waals surface area contributed by atoms with Gasteiger partial charge in [0.2, 0.25) is 5.88 Å². The van der Waals surface area contributed by atoms with Gasteiger partial charge in [0.15, 0.2) is 0 Å². The van der Waals surface area contributed by atoms with Crippen LogP contribution in [0, 0.1) is 11.3 Å². The van der Waals surface area contributed by atoms with Gasteiger partial charge < -0.3 is 9.47 Å². The molecule has 0 fully saturated rings. The lowest BCUT2D eigenvalue weighted by molar-refractivity contribution is 0.304. The third-order valence-electron chi connectivity index (χ3n) is 5.86. The van der Waals surface area contributed by atoms with Gasteiger partial charge in [0, 0.05) is 16.1 Å². The summed E-state index contributed by atoms with van der Waals surface area (Å²) in [4.78, 5) is 4.58. The van der Waals surface area contributed by atoms with Crippen LogP contribution in [0.5, 0.6) is 11.6 Å². The number of benzene rings is 2. The molecule has 0 spiro atoms. The number of halogens is 1. The zero-order valence-electron chi connectivity index (χ0n) is 20.1. The van der Waals surface area contributed by atoms with Crippen LogP contribution < -0.4 is 9.47 Å². The molecule has 0 amide bonds. The molecule has 5 heteroatoms. The fourth-order valence-electron chi connectivity index (χ4n) is 3.93. The van der Waals surface area contributed by atoms with Crippen molar-refractivity contribution in [3.05, 3.63) is 65.2 Å². The van der Waals surface area contributed by atoms with Gasteiger partial charge in [-0.2, -0.15) is 5.26 Å². The molecular formula is C29H33ClN2O2. The number of hydrogen-bond donors (Lipinski definition) is 0. The fourth-order valence-corrected chi connectivity index (χ4v) is 4.06. The summed E-state index contributed by atoms with van der Waals surface area (Å²) in [5.74, 6) is 1.16. The molecule has 0 aliphatic carbocycles. The highest BCUT2D eigenvalue weighted by Gasteiger charge is 2.16. The van der Waals surface area contributed by atoms with Gasteiger partial charge in [0.05, 0.1) is 19.4 Å². The van der Waals surface area contributed by atoms with Gasteiger partial charge in [0.1, 0.15) is 17.4 Å².